The number of amides is 1. The van der Waals surface area contributed by atoms with Crippen molar-refractivity contribution in [2.24, 2.45) is 11.8 Å². The van der Waals surface area contributed by atoms with Gasteiger partial charge in [-0.2, -0.15) is 0 Å². The van der Waals surface area contributed by atoms with Gasteiger partial charge in [-0.3, -0.25) is 4.79 Å². The van der Waals surface area contributed by atoms with E-state index in [1.54, 1.807) is 0 Å². The topological polar surface area (TPSA) is 41.6 Å². The highest BCUT2D eigenvalue weighted by atomic mass is 16.5. The Bertz CT molecular complexity index is 789. The molecule has 2 aliphatic rings. The molecule has 0 radical (unpaired) electrons. The van der Waals surface area contributed by atoms with Crippen LogP contribution in [0.1, 0.15) is 24.8 Å². The van der Waals surface area contributed by atoms with Crippen LogP contribution in [0.4, 0.5) is 5.69 Å². The van der Waals surface area contributed by atoms with E-state index in [0.29, 0.717) is 5.92 Å². The smallest absolute Gasteiger partial charge is 0.227 e. The number of aryl methyl sites for hydroxylation is 1. The fraction of sp³-hybridized carbons (Fsp3) is 0.458. The van der Waals surface area contributed by atoms with Gasteiger partial charge in [0.25, 0.3) is 0 Å². The number of ether oxygens (including phenoxy) is 1. The summed E-state index contributed by atoms with van der Waals surface area (Å²) in [6.07, 6.45) is 3.07. The van der Waals surface area contributed by atoms with Crippen LogP contribution in [-0.2, 0) is 9.53 Å². The summed E-state index contributed by atoms with van der Waals surface area (Å²) in [7, 11) is 0. The Kier molecular flexibility index (Phi) is 6.08. The van der Waals surface area contributed by atoms with E-state index in [1.165, 1.54) is 23.1 Å². The van der Waals surface area contributed by atoms with Crippen molar-refractivity contribution in [3.05, 3.63) is 54.1 Å². The Balaban J connectivity index is 1.28. The zero-order valence-electron chi connectivity index (χ0n) is 16.7. The number of likely N-dealkylation sites (tertiary alicyclic amines) is 1. The van der Waals surface area contributed by atoms with Crippen LogP contribution in [0.15, 0.2) is 48.5 Å². The Morgan fingerprint density at radius 3 is 2.54 bits per heavy atom. The third kappa shape index (κ3) is 4.81. The highest BCUT2D eigenvalue weighted by molar-refractivity contribution is 5.92. The summed E-state index contributed by atoms with van der Waals surface area (Å²) in [6.45, 7) is 7.06. The maximum atomic E-state index is 12.7. The van der Waals surface area contributed by atoms with Gasteiger partial charge in [-0.05, 0) is 68.5 Å². The number of hydrogen-bond donors (Lipinski definition) is 1. The van der Waals surface area contributed by atoms with E-state index in [1.807, 2.05) is 12.1 Å². The number of rotatable bonds is 5. The van der Waals surface area contributed by atoms with Crippen LogP contribution in [0, 0.1) is 18.8 Å². The van der Waals surface area contributed by atoms with E-state index in [0.717, 1.165) is 51.4 Å². The molecule has 0 saturated carbocycles. The minimum Gasteiger partial charge on any atom is -0.381 e. The van der Waals surface area contributed by atoms with Crippen molar-refractivity contribution >= 4 is 11.6 Å². The number of carbonyl (C=O) groups is 1. The largest absolute Gasteiger partial charge is 0.381 e. The van der Waals surface area contributed by atoms with Crippen LogP contribution in [0.5, 0.6) is 0 Å². The predicted molar refractivity (Wildman–Crippen MR) is 113 cm³/mol. The number of carbonyl (C=O) groups excluding carboxylic acids is 1. The molecule has 2 heterocycles. The molecule has 2 fully saturated rings. The molecule has 1 N–H and O–H groups in total. The molecule has 1 unspecified atom stereocenters. The molecule has 0 spiro atoms. The average Bonchev–Trinajstić information content (AvgIpc) is 3.22. The Hall–Kier alpha value is -2.17. The van der Waals surface area contributed by atoms with Gasteiger partial charge in [-0.15, -0.1) is 0 Å². The zero-order chi connectivity index (χ0) is 19.3. The van der Waals surface area contributed by atoms with E-state index in [4.69, 9.17) is 4.74 Å². The fourth-order valence-electron chi connectivity index (χ4n) is 4.29. The van der Waals surface area contributed by atoms with Gasteiger partial charge in [0.1, 0.15) is 0 Å². The van der Waals surface area contributed by atoms with E-state index < -0.39 is 0 Å². The molecule has 28 heavy (non-hydrogen) atoms. The van der Waals surface area contributed by atoms with E-state index in [2.05, 4.69) is 53.5 Å². The molecule has 0 aromatic heterocycles. The van der Waals surface area contributed by atoms with Gasteiger partial charge < -0.3 is 15.0 Å². The van der Waals surface area contributed by atoms with Gasteiger partial charge in [-0.1, -0.05) is 42.0 Å². The van der Waals surface area contributed by atoms with Crippen LogP contribution in [0.3, 0.4) is 0 Å². The first-order chi connectivity index (χ1) is 13.7. The standard InChI is InChI=1S/C24H30N2O2/c1-18-3-2-4-22(15-18)20-5-7-23(8-6-20)25-24(27)21-9-12-26(13-10-21)16-19-11-14-28-17-19/h2-8,15,19,21H,9-14,16-17H2,1H3,(H,25,27). The molecule has 148 valence electrons. The second-order valence-corrected chi connectivity index (χ2v) is 8.24. The van der Waals surface area contributed by atoms with Crippen molar-refractivity contribution in [1.82, 2.24) is 4.90 Å². The van der Waals surface area contributed by atoms with Gasteiger partial charge in [0.05, 0.1) is 6.61 Å². The lowest BCUT2D eigenvalue weighted by Gasteiger charge is -2.32. The molecule has 1 atom stereocenters. The molecule has 0 aliphatic carbocycles. The lowest BCUT2D eigenvalue weighted by molar-refractivity contribution is -0.121. The normalized spacial score (nSPS) is 21.0. The fourth-order valence-corrected chi connectivity index (χ4v) is 4.29. The number of anilines is 1. The van der Waals surface area contributed by atoms with Gasteiger partial charge in [0, 0.05) is 24.8 Å². The highest BCUT2D eigenvalue weighted by Gasteiger charge is 2.27. The minimum absolute atomic E-state index is 0.118. The lowest BCUT2D eigenvalue weighted by atomic mass is 9.94. The minimum atomic E-state index is 0.118. The molecule has 2 aliphatic heterocycles. The summed E-state index contributed by atoms with van der Waals surface area (Å²) >= 11 is 0. The number of piperidine rings is 1. The Morgan fingerprint density at radius 2 is 1.86 bits per heavy atom. The molecule has 4 rings (SSSR count). The summed E-state index contributed by atoms with van der Waals surface area (Å²) in [6, 6.07) is 16.6. The van der Waals surface area contributed by atoms with Crippen LogP contribution in [-0.4, -0.2) is 43.7 Å². The van der Waals surface area contributed by atoms with Crippen molar-refractivity contribution < 1.29 is 9.53 Å². The van der Waals surface area contributed by atoms with Crippen LogP contribution < -0.4 is 5.32 Å². The number of benzene rings is 2. The number of nitrogens with one attached hydrogen (secondary N) is 1. The highest BCUT2D eigenvalue weighted by Crippen LogP contribution is 2.25. The maximum Gasteiger partial charge on any atom is 0.227 e. The molecular weight excluding hydrogens is 348 g/mol. The van der Waals surface area contributed by atoms with E-state index >= 15 is 0 Å². The number of hydrogen-bond acceptors (Lipinski definition) is 3. The molecule has 4 heteroatoms. The first-order valence-corrected chi connectivity index (χ1v) is 10.5. The summed E-state index contributed by atoms with van der Waals surface area (Å²) in [5.74, 6) is 0.956. The van der Waals surface area contributed by atoms with Crippen LogP contribution in [0.2, 0.25) is 0 Å². The van der Waals surface area contributed by atoms with Crippen LogP contribution >= 0.6 is 0 Å². The Morgan fingerprint density at radius 1 is 1.07 bits per heavy atom. The first-order valence-electron chi connectivity index (χ1n) is 10.5. The van der Waals surface area contributed by atoms with Gasteiger partial charge >= 0.3 is 0 Å². The van der Waals surface area contributed by atoms with Crippen molar-refractivity contribution in [2.45, 2.75) is 26.2 Å². The Labute approximate surface area is 167 Å². The second kappa shape index (κ2) is 8.89. The predicted octanol–water partition coefficient (Wildman–Crippen LogP) is 4.35. The molecule has 2 aromatic carbocycles. The third-order valence-electron chi connectivity index (χ3n) is 6.00. The summed E-state index contributed by atoms with van der Waals surface area (Å²) < 4.78 is 5.48. The molecule has 2 aromatic rings. The average molecular weight is 379 g/mol. The number of nitrogens with zero attached hydrogens (tertiary/aromatic N) is 1. The van der Waals surface area contributed by atoms with Gasteiger partial charge in [-0.25, -0.2) is 0 Å². The molecule has 4 nitrogen and oxygen atoms in total. The van der Waals surface area contributed by atoms with E-state index in [9.17, 15) is 4.79 Å². The lowest BCUT2D eigenvalue weighted by Crippen LogP contribution is -2.40. The van der Waals surface area contributed by atoms with Gasteiger partial charge in [0.15, 0.2) is 0 Å². The summed E-state index contributed by atoms with van der Waals surface area (Å²) in [5.41, 5.74) is 4.51. The molecule has 1 amide bonds. The summed E-state index contributed by atoms with van der Waals surface area (Å²) in [5, 5.41) is 3.11. The van der Waals surface area contributed by atoms with E-state index in [-0.39, 0.29) is 11.8 Å². The zero-order valence-corrected chi connectivity index (χ0v) is 16.7. The van der Waals surface area contributed by atoms with Gasteiger partial charge in [0.2, 0.25) is 5.91 Å². The van der Waals surface area contributed by atoms with Crippen molar-refractivity contribution in [3.8, 4) is 11.1 Å². The molecule has 0 bridgehead atoms. The monoisotopic (exact) mass is 378 g/mol. The second-order valence-electron chi connectivity index (χ2n) is 8.24. The van der Waals surface area contributed by atoms with Crippen molar-refractivity contribution in [2.75, 3.05) is 38.2 Å². The SMILES string of the molecule is Cc1cccc(-c2ccc(NC(=O)C3CCN(CC4CCOC4)CC3)cc2)c1. The van der Waals surface area contributed by atoms with Crippen LogP contribution in [0.25, 0.3) is 11.1 Å². The molecular formula is C24H30N2O2. The first kappa shape index (κ1) is 19.2. The van der Waals surface area contributed by atoms with Crippen molar-refractivity contribution in [1.29, 1.82) is 0 Å². The van der Waals surface area contributed by atoms with Crippen molar-refractivity contribution in [3.63, 3.8) is 0 Å². The third-order valence-corrected chi connectivity index (χ3v) is 6.00. The molecule has 2 saturated heterocycles. The maximum absolute atomic E-state index is 12.7. The summed E-state index contributed by atoms with van der Waals surface area (Å²) in [4.78, 5) is 15.2. The quantitative estimate of drug-likeness (QED) is 0.841.